The summed E-state index contributed by atoms with van der Waals surface area (Å²) in [5.74, 6) is -0.537. The van der Waals surface area contributed by atoms with E-state index >= 15 is 0 Å². The van der Waals surface area contributed by atoms with Crippen LogP contribution in [0.25, 0.3) is 0 Å². The molecule has 1 aromatic heterocycles. The van der Waals surface area contributed by atoms with Crippen LogP contribution in [0, 0.1) is 5.41 Å². The number of hydrogen-bond acceptors (Lipinski definition) is 6. The van der Waals surface area contributed by atoms with Crippen molar-refractivity contribution >= 4 is 18.6 Å². The molecule has 0 bridgehead atoms. The van der Waals surface area contributed by atoms with Gasteiger partial charge in [0.05, 0.1) is 7.11 Å². The van der Waals surface area contributed by atoms with Crippen molar-refractivity contribution < 1.29 is 18.8 Å². The Hall–Kier alpha value is -1.47. The van der Waals surface area contributed by atoms with E-state index in [0.717, 1.165) is 0 Å². The SMILES string of the molecule is COC(=O)c1ncc(B2OCC(C)(C)CO2)cn1. The van der Waals surface area contributed by atoms with Crippen LogP contribution in [0.3, 0.4) is 0 Å². The number of ether oxygens (including phenoxy) is 1. The molecule has 0 atom stereocenters. The Kier molecular flexibility index (Phi) is 3.63. The highest BCUT2D eigenvalue weighted by atomic mass is 16.6. The molecular weight excluding hydrogens is 235 g/mol. The predicted octanol–water partition coefficient (Wildman–Crippen LogP) is 0.0314. The van der Waals surface area contributed by atoms with Gasteiger partial charge in [0.25, 0.3) is 0 Å². The van der Waals surface area contributed by atoms with Gasteiger partial charge in [-0.1, -0.05) is 13.8 Å². The smallest absolute Gasteiger partial charge is 0.463 e. The molecule has 96 valence electrons. The molecule has 0 aliphatic carbocycles. The second-order valence-electron chi connectivity index (χ2n) is 4.95. The molecular formula is C11H15BN2O4. The lowest BCUT2D eigenvalue weighted by atomic mass is 9.77. The first-order valence-corrected chi connectivity index (χ1v) is 5.65. The molecule has 1 aliphatic heterocycles. The number of hydrogen-bond donors (Lipinski definition) is 0. The van der Waals surface area contributed by atoms with Gasteiger partial charge >= 0.3 is 13.1 Å². The summed E-state index contributed by atoms with van der Waals surface area (Å²) in [6.45, 7) is 5.35. The first-order chi connectivity index (χ1) is 8.52. The van der Waals surface area contributed by atoms with Crippen LogP contribution in [-0.2, 0) is 14.0 Å². The summed E-state index contributed by atoms with van der Waals surface area (Å²) in [6.07, 6.45) is 3.03. The molecule has 0 amide bonds. The maximum absolute atomic E-state index is 11.2. The van der Waals surface area contributed by atoms with Crippen LogP contribution in [0.4, 0.5) is 0 Å². The molecule has 0 aromatic carbocycles. The quantitative estimate of drug-likeness (QED) is 0.544. The van der Waals surface area contributed by atoms with Gasteiger partial charge in [-0.2, -0.15) is 0 Å². The lowest BCUT2D eigenvalue weighted by Crippen LogP contribution is -2.47. The van der Waals surface area contributed by atoms with E-state index in [-0.39, 0.29) is 11.2 Å². The lowest BCUT2D eigenvalue weighted by Gasteiger charge is -2.32. The maximum atomic E-state index is 11.2. The zero-order valence-electron chi connectivity index (χ0n) is 10.7. The molecule has 6 nitrogen and oxygen atoms in total. The zero-order valence-corrected chi connectivity index (χ0v) is 10.7. The minimum Gasteiger partial charge on any atom is -0.463 e. The van der Waals surface area contributed by atoms with E-state index in [1.807, 2.05) is 0 Å². The number of nitrogens with zero attached hydrogens (tertiary/aromatic N) is 2. The normalized spacial score (nSPS) is 18.5. The number of carbonyl (C=O) groups is 1. The Bertz CT molecular complexity index is 425. The largest absolute Gasteiger partial charge is 0.497 e. The van der Waals surface area contributed by atoms with E-state index in [1.54, 1.807) is 0 Å². The average Bonchev–Trinajstić information content (AvgIpc) is 2.38. The summed E-state index contributed by atoms with van der Waals surface area (Å²) >= 11 is 0. The van der Waals surface area contributed by atoms with E-state index in [2.05, 4.69) is 28.6 Å². The van der Waals surface area contributed by atoms with E-state index in [9.17, 15) is 4.79 Å². The Morgan fingerprint density at radius 3 is 2.39 bits per heavy atom. The van der Waals surface area contributed by atoms with Crippen LogP contribution >= 0.6 is 0 Å². The third-order valence-corrected chi connectivity index (χ3v) is 2.56. The fraction of sp³-hybridized carbons (Fsp3) is 0.545. The van der Waals surface area contributed by atoms with Crippen LogP contribution in [0.5, 0.6) is 0 Å². The van der Waals surface area contributed by atoms with Crippen LogP contribution in [0.1, 0.15) is 24.5 Å². The highest BCUT2D eigenvalue weighted by Crippen LogP contribution is 2.21. The Labute approximate surface area is 106 Å². The van der Waals surface area contributed by atoms with Crippen molar-refractivity contribution in [1.82, 2.24) is 9.97 Å². The fourth-order valence-electron chi connectivity index (χ4n) is 1.54. The van der Waals surface area contributed by atoms with Crippen molar-refractivity contribution in [3.63, 3.8) is 0 Å². The predicted molar refractivity (Wildman–Crippen MR) is 64.4 cm³/mol. The Morgan fingerprint density at radius 2 is 1.89 bits per heavy atom. The van der Waals surface area contributed by atoms with E-state index in [4.69, 9.17) is 9.31 Å². The molecule has 0 radical (unpaired) electrons. The van der Waals surface area contributed by atoms with Gasteiger partial charge in [0.2, 0.25) is 5.82 Å². The van der Waals surface area contributed by atoms with Gasteiger partial charge in [-0.25, -0.2) is 14.8 Å². The standard InChI is InChI=1S/C11H15BN2O4/c1-11(2)6-17-12(18-7-11)8-4-13-9(14-5-8)10(15)16-3/h4-5H,6-7H2,1-3H3. The van der Waals surface area contributed by atoms with Gasteiger partial charge < -0.3 is 14.0 Å². The molecule has 18 heavy (non-hydrogen) atoms. The van der Waals surface area contributed by atoms with Crippen LogP contribution in [0.15, 0.2) is 12.4 Å². The van der Waals surface area contributed by atoms with E-state index in [0.29, 0.717) is 18.7 Å². The lowest BCUT2D eigenvalue weighted by molar-refractivity contribution is 0.0342. The molecule has 1 saturated heterocycles. The molecule has 0 saturated carbocycles. The summed E-state index contributed by atoms with van der Waals surface area (Å²) in [5.41, 5.74) is 0.710. The number of carbonyl (C=O) groups excluding carboxylic acids is 1. The molecule has 2 heterocycles. The van der Waals surface area contributed by atoms with Crippen molar-refractivity contribution in [2.24, 2.45) is 5.41 Å². The van der Waals surface area contributed by atoms with Gasteiger partial charge in [0.1, 0.15) is 0 Å². The van der Waals surface area contributed by atoms with Gasteiger partial charge in [0, 0.05) is 36.5 Å². The number of rotatable bonds is 2. The van der Waals surface area contributed by atoms with Crippen molar-refractivity contribution in [3.05, 3.63) is 18.2 Å². The van der Waals surface area contributed by atoms with E-state index < -0.39 is 13.1 Å². The number of methoxy groups -OCH3 is 1. The van der Waals surface area contributed by atoms with Crippen LogP contribution in [0.2, 0.25) is 0 Å². The second-order valence-corrected chi connectivity index (χ2v) is 4.95. The molecule has 1 aromatic rings. The summed E-state index contributed by atoms with van der Waals surface area (Å²) in [5, 5.41) is 0. The first-order valence-electron chi connectivity index (χ1n) is 5.65. The van der Waals surface area contributed by atoms with Gasteiger partial charge in [-0.15, -0.1) is 0 Å². The molecule has 0 spiro atoms. The highest BCUT2D eigenvalue weighted by Gasteiger charge is 2.33. The number of aromatic nitrogens is 2. The van der Waals surface area contributed by atoms with Gasteiger partial charge in [-0.3, -0.25) is 0 Å². The highest BCUT2D eigenvalue weighted by molar-refractivity contribution is 6.61. The minimum absolute atomic E-state index is 0.0172. The topological polar surface area (TPSA) is 70.5 Å². The van der Waals surface area contributed by atoms with Crippen molar-refractivity contribution in [1.29, 1.82) is 0 Å². The van der Waals surface area contributed by atoms with Crippen molar-refractivity contribution in [3.8, 4) is 0 Å². The monoisotopic (exact) mass is 250 g/mol. The summed E-state index contributed by atoms with van der Waals surface area (Å²) in [6, 6.07) is 0. The average molecular weight is 250 g/mol. The fourth-order valence-corrected chi connectivity index (χ4v) is 1.54. The molecule has 1 fully saturated rings. The van der Waals surface area contributed by atoms with Crippen molar-refractivity contribution in [2.75, 3.05) is 20.3 Å². The van der Waals surface area contributed by atoms with Crippen LogP contribution in [-0.4, -0.2) is 43.4 Å². The Morgan fingerprint density at radius 1 is 1.33 bits per heavy atom. The number of esters is 1. The molecule has 1 aliphatic rings. The molecule has 0 unspecified atom stereocenters. The maximum Gasteiger partial charge on any atom is 0.497 e. The van der Waals surface area contributed by atoms with E-state index in [1.165, 1.54) is 19.5 Å². The third-order valence-electron chi connectivity index (χ3n) is 2.56. The summed E-state index contributed by atoms with van der Waals surface area (Å²) < 4.78 is 15.7. The zero-order chi connectivity index (χ0) is 13.2. The van der Waals surface area contributed by atoms with Crippen molar-refractivity contribution in [2.45, 2.75) is 13.8 Å². The van der Waals surface area contributed by atoms with Gasteiger partial charge in [0.15, 0.2) is 0 Å². The molecule has 2 rings (SSSR count). The first kappa shape index (κ1) is 13.0. The summed E-state index contributed by atoms with van der Waals surface area (Å²) in [4.78, 5) is 19.0. The Balaban J connectivity index is 2.04. The van der Waals surface area contributed by atoms with Crippen LogP contribution < -0.4 is 5.46 Å². The summed E-state index contributed by atoms with van der Waals surface area (Å²) in [7, 11) is 0.819. The van der Waals surface area contributed by atoms with Gasteiger partial charge in [-0.05, 0) is 0 Å². The second kappa shape index (κ2) is 5.03. The molecule has 0 N–H and O–H groups in total. The molecule has 7 heteroatoms. The third kappa shape index (κ3) is 2.86. The minimum atomic E-state index is -0.562.